The lowest BCUT2D eigenvalue weighted by molar-refractivity contribution is 0.151. The summed E-state index contributed by atoms with van der Waals surface area (Å²) < 4.78 is 2.56. The summed E-state index contributed by atoms with van der Waals surface area (Å²) in [5.41, 5.74) is 0.591. The van der Waals surface area contributed by atoms with Crippen LogP contribution in [0.4, 0.5) is 0 Å². The van der Waals surface area contributed by atoms with Crippen LogP contribution in [-0.2, 0) is 6.54 Å². The van der Waals surface area contributed by atoms with Crippen molar-refractivity contribution in [1.29, 1.82) is 0 Å². The number of unbranched alkanes of at least 4 members (excludes halogenated alkanes) is 1. The van der Waals surface area contributed by atoms with E-state index in [1.807, 2.05) is 30.3 Å². The highest BCUT2D eigenvalue weighted by Gasteiger charge is 2.13. The second kappa shape index (κ2) is 8.82. The molecule has 0 amide bonds. The van der Waals surface area contributed by atoms with Crippen molar-refractivity contribution in [2.45, 2.75) is 19.4 Å². The maximum Gasteiger partial charge on any atom is 0.351 e. The van der Waals surface area contributed by atoms with Gasteiger partial charge in [0.15, 0.2) is 0 Å². The number of likely N-dealkylation sites (N-methyl/N-ethyl adjacent to an activating group) is 1. The monoisotopic (exact) mass is 357 g/mol. The van der Waals surface area contributed by atoms with Gasteiger partial charge in [0, 0.05) is 32.7 Å². The van der Waals surface area contributed by atoms with Gasteiger partial charge in [-0.05, 0) is 32.0 Å². The fourth-order valence-corrected chi connectivity index (χ4v) is 3.09. The third kappa shape index (κ3) is 4.83. The highest BCUT2D eigenvalue weighted by Crippen LogP contribution is 2.09. The summed E-state index contributed by atoms with van der Waals surface area (Å²) in [4.78, 5) is 17.2. The van der Waals surface area contributed by atoms with Gasteiger partial charge in [0.2, 0.25) is 5.88 Å². The summed E-state index contributed by atoms with van der Waals surface area (Å²) in [6.45, 7) is 5.98. The van der Waals surface area contributed by atoms with Gasteiger partial charge < -0.3 is 14.9 Å². The van der Waals surface area contributed by atoms with Gasteiger partial charge in [0.25, 0.3) is 0 Å². The first kappa shape index (κ1) is 18.4. The van der Waals surface area contributed by atoms with Crippen molar-refractivity contribution in [2.24, 2.45) is 5.10 Å². The van der Waals surface area contributed by atoms with E-state index < -0.39 is 0 Å². The van der Waals surface area contributed by atoms with Gasteiger partial charge in [0.1, 0.15) is 0 Å². The Labute approximate surface area is 153 Å². The lowest BCUT2D eigenvalue weighted by Crippen LogP contribution is -2.44. The van der Waals surface area contributed by atoms with E-state index in [4.69, 9.17) is 0 Å². The molecule has 1 N–H and O–H groups in total. The average Bonchev–Trinajstić information content (AvgIpc) is 2.93. The Balaban J connectivity index is 1.51. The van der Waals surface area contributed by atoms with E-state index in [0.717, 1.165) is 51.1 Å². The zero-order valence-electron chi connectivity index (χ0n) is 15.3. The summed E-state index contributed by atoms with van der Waals surface area (Å²) in [5.74, 6) is -0.0418. The highest BCUT2D eigenvalue weighted by atomic mass is 16.3. The van der Waals surface area contributed by atoms with E-state index in [1.165, 1.54) is 15.4 Å². The first-order valence-corrected chi connectivity index (χ1v) is 9.15. The molecule has 1 aliphatic rings. The smallest absolute Gasteiger partial charge is 0.351 e. The molecule has 1 fully saturated rings. The summed E-state index contributed by atoms with van der Waals surface area (Å²) >= 11 is 0. The molecule has 2 aromatic rings. The van der Waals surface area contributed by atoms with Crippen molar-refractivity contribution in [2.75, 3.05) is 39.8 Å². The van der Waals surface area contributed by atoms with Crippen LogP contribution in [0.15, 0.2) is 46.4 Å². The molecule has 1 saturated heterocycles. The molecule has 0 aliphatic carbocycles. The molecule has 0 radical (unpaired) electrons. The van der Waals surface area contributed by atoms with Crippen molar-refractivity contribution in [3.8, 4) is 5.88 Å². The Hall–Kier alpha value is -2.38. The predicted octanol–water partition coefficient (Wildman–Crippen LogP) is 1.27. The molecule has 140 valence electrons. The minimum Gasteiger partial charge on any atom is -0.493 e. The maximum absolute atomic E-state index is 12.4. The number of aromatic hydroxyl groups is 1. The summed E-state index contributed by atoms with van der Waals surface area (Å²) in [6.07, 6.45) is 4.83. The van der Waals surface area contributed by atoms with E-state index in [1.54, 1.807) is 6.21 Å². The van der Waals surface area contributed by atoms with E-state index in [0.29, 0.717) is 6.54 Å². The number of aromatic nitrogens is 2. The third-order valence-corrected chi connectivity index (χ3v) is 4.77. The number of hydrogen-bond donors (Lipinski definition) is 1. The molecular weight excluding hydrogens is 330 g/mol. The number of imidazole rings is 1. The molecule has 0 saturated carbocycles. The van der Waals surface area contributed by atoms with E-state index >= 15 is 0 Å². The quantitative estimate of drug-likeness (QED) is 0.599. The van der Waals surface area contributed by atoms with Crippen LogP contribution in [-0.4, -0.2) is 70.1 Å². The predicted molar refractivity (Wildman–Crippen MR) is 103 cm³/mol. The number of hydrogen-bond acceptors (Lipinski definition) is 5. The molecule has 1 aromatic carbocycles. The van der Waals surface area contributed by atoms with Gasteiger partial charge in [-0.25, -0.2) is 4.79 Å². The lowest BCUT2D eigenvalue weighted by atomic mass is 10.2. The Kier molecular flexibility index (Phi) is 6.25. The zero-order chi connectivity index (χ0) is 18.4. The van der Waals surface area contributed by atoms with Crippen LogP contribution in [0.1, 0.15) is 18.4 Å². The van der Waals surface area contributed by atoms with Crippen LogP contribution < -0.4 is 5.69 Å². The van der Waals surface area contributed by atoms with Crippen molar-refractivity contribution < 1.29 is 5.11 Å². The van der Waals surface area contributed by atoms with Gasteiger partial charge in [0.05, 0.1) is 12.4 Å². The minimum absolute atomic E-state index is 0.0418. The Morgan fingerprint density at radius 3 is 2.50 bits per heavy atom. The number of nitrogens with zero attached hydrogens (tertiary/aromatic N) is 5. The average molecular weight is 357 g/mol. The van der Waals surface area contributed by atoms with Crippen molar-refractivity contribution in [3.63, 3.8) is 0 Å². The molecule has 7 heteroatoms. The van der Waals surface area contributed by atoms with Gasteiger partial charge in [-0.3, -0.25) is 4.57 Å². The van der Waals surface area contributed by atoms with Crippen LogP contribution in [0.3, 0.4) is 0 Å². The standard InChI is InChI=1S/C19H27N5O2/c1-21-11-13-22(14-12-21)9-5-6-10-23-18(25)16-24(19(23)26)20-15-17-7-3-2-4-8-17/h2-4,7-8,15-16,25H,5-6,9-14H2,1H3. The van der Waals surface area contributed by atoms with E-state index in [-0.39, 0.29) is 11.6 Å². The number of benzene rings is 1. The van der Waals surface area contributed by atoms with Gasteiger partial charge in [-0.1, -0.05) is 30.3 Å². The van der Waals surface area contributed by atoms with Crippen LogP contribution in [0, 0.1) is 0 Å². The number of piperazine rings is 1. The molecule has 0 unspecified atom stereocenters. The molecule has 0 bridgehead atoms. The molecule has 3 rings (SSSR count). The van der Waals surface area contributed by atoms with Crippen molar-refractivity contribution >= 4 is 6.21 Å². The van der Waals surface area contributed by atoms with Gasteiger partial charge in [-0.15, -0.1) is 0 Å². The molecular formula is C19H27N5O2. The van der Waals surface area contributed by atoms with Crippen LogP contribution in [0.2, 0.25) is 0 Å². The second-order valence-electron chi connectivity index (χ2n) is 6.77. The Bertz CT molecular complexity index is 773. The first-order chi connectivity index (χ1) is 12.6. The van der Waals surface area contributed by atoms with Crippen molar-refractivity contribution in [1.82, 2.24) is 19.0 Å². The lowest BCUT2D eigenvalue weighted by Gasteiger charge is -2.32. The Morgan fingerprint density at radius 2 is 1.77 bits per heavy atom. The number of rotatable bonds is 7. The molecule has 2 heterocycles. The summed E-state index contributed by atoms with van der Waals surface area (Å²) in [6, 6.07) is 9.56. The summed E-state index contributed by atoms with van der Waals surface area (Å²) in [5, 5.41) is 14.2. The molecule has 0 atom stereocenters. The zero-order valence-corrected chi connectivity index (χ0v) is 15.3. The topological polar surface area (TPSA) is 66.0 Å². The largest absolute Gasteiger partial charge is 0.493 e. The fraction of sp³-hybridized carbons (Fsp3) is 0.474. The minimum atomic E-state index is -0.311. The first-order valence-electron chi connectivity index (χ1n) is 9.15. The van der Waals surface area contributed by atoms with Gasteiger partial charge in [-0.2, -0.15) is 9.78 Å². The molecule has 1 aliphatic heterocycles. The molecule has 0 spiro atoms. The van der Waals surface area contributed by atoms with Gasteiger partial charge >= 0.3 is 5.69 Å². The molecule has 7 nitrogen and oxygen atoms in total. The highest BCUT2D eigenvalue weighted by molar-refractivity contribution is 5.79. The Morgan fingerprint density at radius 1 is 1.08 bits per heavy atom. The fourth-order valence-electron chi connectivity index (χ4n) is 3.09. The van der Waals surface area contributed by atoms with Crippen molar-refractivity contribution in [3.05, 3.63) is 52.6 Å². The van der Waals surface area contributed by atoms with Crippen LogP contribution >= 0.6 is 0 Å². The molecule has 26 heavy (non-hydrogen) atoms. The normalized spacial score (nSPS) is 16.5. The SMILES string of the molecule is CN1CCN(CCCCn2c(O)cn(N=Cc3ccccc3)c2=O)CC1. The second-order valence-corrected chi connectivity index (χ2v) is 6.77. The summed E-state index contributed by atoms with van der Waals surface area (Å²) in [7, 11) is 2.15. The van der Waals surface area contributed by atoms with E-state index in [2.05, 4.69) is 21.9 Å². The van der Waals surface area contributed by atoms with Crippen LogP contribution in [0.25, 0.3) is 0 Å². The molecule has 1 aromatic heterocycles. The van der Waals surface area contributed by atoms with E-state index in [9.17, 15) is 9.90 Å². The maximum atomic E-state index is 12.4. The van der Waals surface area contributed by atoms with Crippen LogP contribution in [0.5, 0.6) is 5.88 Å². The third-order valence-electron chi connectivity index (χ3n) is 4.77.